The number of aromatic nitrogens is 2. The van der Waals surface area contributed by atoms with Crippen molar-refractivity contribution in [1.82, 2.24) is 9.97 Å². The summed E-state index contributed by atoms with van der Waals surface area (Å²) >= 11 is 3.16. The van der Waals surface area contributed by atoms with Gasteiger partial charge in [0.15, 0.2) is 5.16 Å². The number of thiophene rings is 1. The fraction of sp³-hybridized carbons (Fsp3) is 0.381. The van der Waals surface area contributed by atoms with Gasteiger partial charge < -0.3 is 9.72 Å². The van der Waals surface area contributed by atoms with Crippen molar-refractivity contribution in [1.29, 1.82) is 0 Å². The molecule has 28 heavy (non-hydrogen) atoms. The van der Waals surface area contributed by atoms with Crippen molar-refractivity contribution in [3.63, 3.8) is 0 Å². The Hall–Kier alpha value is -2.12. The molecule has 1 aromatic carbocycles. The second kappa shape index (κ2) is 8.09. The molecule has 1 N–H and O–H groups in total. The Morgan fingerprint density at radius 2 is 2.00 bits per heavy atom. The van der Waals surface area contributed by atoms with Crippen molar-refractivity contribution in [2.75, 3.05) is 0 Å². The van der Waals surface area contributed by atoms with Crippen LogP contribution in [0.1, 0.15) is 53.1 Å². The van der Waals surface area contributed by atoms with E-state index in [-0.39, 0.29) is 17.6 Å². The first kappa shape index (κ1) is 19.2. The monoisotopic (exact) mass is 414 g/mol. The van der Waals surface area contributed by atoms with Crippen molar-refractivity contribution >= 4 is 39.3 Å². The fourth-order valence-electron chi connectivity index (χ4n) is 3.38. The molecule has 3 aromatic rings. The van der Waals surface area contributed by atoms with E-state index < -0.39 is 0 Å². The lowest BCUT2D eigenvalue weighted by Crippen LogP contribution is -2.11. The fourth-order valence-corrected chi connectivity index (χ4v) is 5.52. The Kier molecular flexibility index (Phi) is 5.55. The van der Waals surface area contributed by atoms with Gasteiger partial charge in [0.05, 0.1) is 17.1 Å². The summed E-state index contributed by atoms with van der Waals surface area (Å²) in [4.78, 5) is 34.3. The van der Waals surface area contributed by atoms with Gasteiger partial charge >= 0.3 is 5.97 Å². The molecule has 0 amide bonds. The minimum absolute atomic E-state index is 0.0290. The minimum Gasteiger partial charge on any atom is -0.459 e. The SMILES string of the molecule is CC(C)OC(=O)c1ccc(CSc2nc3sc4c(c3c(=O)[nH]2)CCCC4)cc1. The van der Waals surface area contributed by atoms with Gasteiger partial charge in [0.1, 0.15) is 4.83 Å². The number of hydrogen-bond donors (Lipinski definition) is 1. The van der Waals surface area contributed by atoms with Crippen LogP contribution in [-0.4, -0.2) is 22.0 Å². The molecule has 2 aromatic heterocycles. The molecule has 1 aliphatic carbocycles. The van der Waals surface area contributed by atoms with Crippen LogP contribution in [0.5, 0.6) is 0 Å². The van der Waals surface area contributed by atoms with Gasteiger partial charge in [0, 0.05) is 10.6 Å². The average molecular weight is 415 g/mol. The Morgan fingerprint density at radius 1 is 1.25 bits per heavy atom. The smallest absolute Gasteiger partial charge is 0.338 e. The highest BCUT2D eigenvalue weighted by molar-refractivity contribution is 7.98. The molecule has 0 saturated heterocycles. The second-order valence-corrected chi connectivity index (χ2v) is 9.25. The summed E-state index contributed by atoms with van der Waals surface area (Å²) < 4.78 is 5.20. The molecule has 0 unspecified atom stereocenters. The van der Waals surface area contributed by atoms with Gasteiger partial charge in [-0.2, -0.15) is 0 Å². The summed E-state index contributed by atoms with van der Waals surface area (Å²) in [6.07, 6.45) is 4.25. The number of H-pyrrole nitrogens is 1. The third-order valence-electron chi connectivity index (χ3n) is 4.71. The lowest BCUT2D eigenvalue weighted by molar-refractivity contribution is 0.0378. The highest BCUT2D eigenvalue weighted by Crippen LogP contribution is 2.34. The predicted molar refractivity (Wildman–Crippen MR) is 113 cm³/mol. The molecule has 1 aliphatic rings. The first-order valence-corrected chi connectivity index (χ1v) is 11.3. The highest BCUT2D eigenvalue weighted by atomic mass is 32.2. The van der Waals surface area contributed by atoms with E-state index in [9.17, 15) is 9.59 Å². The van der Waals surface area contributed by atoms with Crippen LogP contribution < -0.4 is 5.56 Å². The van der Waals surface area contributed by atoms with E-state index in [1.807, 2.05) is 26.0 Å². The van der Waals surface area contributed by atoms with E-state index in [2.05, 4.69) is 9.97 Å². The maximum atomic E-state index is 12.6. The third kappa shape index (κ3) is 4.00. The average Bonchev–Trinajstić information content (AvgIpc) is 3.05. The number of nitrogens with one attached hydrogen (secondary N) is 1. The maximum Gasteiger partial charge on any atom is 0.338 e. The predicted octanol–water partition coefficient (Wildman–Crippen LogP) is 4.72. The quantitative estimate of drug-likeness (QED) is 0.371. The summed E-state index contributed by atoms with van der Waals surface area (Å²) in [6.45, 7) is 3.66. The zero-order valence-electron chi connectivity index (χ0n) is 15.9. The van der Waals surface area contributed by atoms with Gasteiger partial charge in [-0.05, 0) is 62.8 Å². The number of fused-ring (bicyclic) bond motifs is 3. The van der Waals surface area contributed by atoms with Crippen molar-refractivity contribution < 1.29 is 9.53 Å². The van der Waals surface area contributed by atoms with Crippen LogP contribution in [0.2, 0.25) is 0 Å². The van der Waals surface area contributed by atoms with Gasteiger partial charge in [-0.15, -0.1) is 11.3 Å². The normalized spacial score (nSPS) is 13.7. The van der Waals surface area contributed by atoms with Crippen LogP contribution in [-0.2, 0) is 23.3 Å². The van der Waals surface area contributed by atoms with Crippen LogP contribution in [0.4, 0.5) is 0 Å². The van der Waals surface area contributed by atoms with Gasteiger partial charge in [-0.1, -0.05) is 23.9 Å². The highest BCUT2D eigenvalue weighted by Gasteiger charge is 2.19. The largest absolute Gasteiger partial charge is 0.459 e. The zero-order chi connectivity index (χ0) is 19.7. The number of carbonyl (C=O) groups is 1. The van der Waals surface area contributed by atoms with Crippen molar-refractivity contribution in [2.24, 2.45) is 0 Å². The lowest BCUT2D eigenvalue weighted by Gasteiger charge is -2.09. The molecule has 2 heterocycles. The summed E-state index contributed by atoms with van der Waals surface area (Å²) in [6, 6.07) is 7.36. The van der Waals surface area contributed by atoms with Gasteiger partial charge in [0.25, 0.3) is 5.56 Å². The first-order valence-electron chi connectivity index (χ1n) is 9.48. The first-order chi connectivity index (χ1) is 13.5. The van der Waals surface area contributed by atoms with Crippen LogP contribution in [0, 0.1) is 0 Å². The Labute approximate surface area is 171 Å². The van der Waals surface area contributed by atoms with Gasteiger partial charge in [-0.3, -0.25) is 4.79 Å². The molecule has 0 fully saturated rings. The maximum absolute atomic E-state index is 12.6. The number of carbonyl (C=O) groups excluding carboxylic acids is 1. The molecular weight excluding hydrogens is 392 g/mol. The molecule has 5 nitrogen and oxygen atoms in total. The summed E-state index contributed by atoms with van der Waals surface area (Å²) in [7, 11) is 0. The van der Waals surface area contributed by atoms with E-state index in [1.165, 1.54) is 28.6 Å². The Morgan fingerprint density at radius 3 is 2.75 bits per heavy atom. The molecule has 0 radical (unpaired) electrons. The Bertz CT molecular complexity index is 1070. The molecule has 0 saturated carbocycles. The van der Waals surface area contributed by atoms with E-state index in [0.29, 0.717) is 16.5 Å². The number of hydrogen-bond acceptors (Lipinski definition) is 6. The topological polar surface area (TPSA) is 72.0 Å². The number of benzene rings is 1. The van der Waals surface area contributed by atoms with Crippen molar-refractivity contribution in [3.05, 3.63) is 56.2 Å². The zero-order valence-corrected chi connectivity index (χ0v) is 17.5. The van der Waals surface area contributed by atoms with Gasteiger partial charge in [0.2, 0.25) is 0 Å². The molecule has 4 rings (SSSR count). The minimum atomic E-state index is -0.313. The number of ether oxygens (including phenoxy) is 1. The molecule has 0 bridgehead atoms. The third-order valence-corrected chi connectivity index (χ3v) is 6.84. The van der Waals surface area contributed by atoms with E-state index >= 15 is 0 Å². The number of aryl methyl sites for hydroxylation is 2. The second-order valence-electron chi connectivity index (χ2n) is 7.20. The number of thioether (sulfide) groups is 1. The molecule has 0 spiro atoms. The number of nitrogens with zero attached hydrogens (tertiary/aromatic N) is 1. The number of aromatic amines is 1. The van der Waals surface area contributed by atoms with E-state index in [0.717, 1.165) is 35.0 Å². The van der Waals surface area contributed by atoms with E-state index in [4.69, 9.17) is 4.74 Å². The lowest BCUT2D eigenvalue weighted by atomic mass is 9.97. The van der Waals surface area contributed by atoms with Gasteiger partial charge in [-0.25, -0.2) is 9.78 Å². The standard InChI is InChI=1S/C21H22N2O3S2/c1-12(2)26-20(25)14-9-7-13(8-10-14)11-27-21-22-18(24)17-15-5-3-4-6-16(15)28-19(17)23-21/h7-10,12H,3-6,11H2,1-2H3,(H,22,23,24). The van der Waals surface area contributed by atoms with Crippen LogP contribution >= 0.6 is 23.1 Å². The molecule has 7 heteroatoms. The number of esters is 1. The summed E-state index contributed by atoms with van der Waals surface area (Å²) in [5.74, 6) is 0.353. The Balaban J connectivity index is 1.48. The van der Waals surface area contributed by atoms with Crippen molar-refractivity contribution in [2.45, 2.75) is 56.5 Å². The van der Waals surface area contributed by atoms with Crippen molar-refractivity contribution in [3.8, 4) is 0 Å². The molecule has 146 valence electrons. The summed E-state index contributed by atoms with van der Waals surface area (Å²) in [5, 5.41) is 1.43. The molecule has 0 atom stereocenters. The summed E-state index contributed by atoms with van der Waals surface area (Å²) in [5.41, 5.74) is 2.78. The van der Waals surface area contributed by atoms with Crippen LogP contribution in [0.3, 0.4) is 0 Å². The van der Waals surface area contributed by atoms with E-state index in [1.54, 1.807) is 23.5 Å². The molecular formula is C21H22N2O3S2. The van der Waals surface area contributed by atoms with Crippen LogP contribution in [0.15, 0.2) is 34.2 Å². The number of rotatable bonds is 5. The molecule has 0 aliphatic heterocycles. The van der Waals surface area contributed by atoms with Crippen LogP contribution in [0.25, 0.3) is 10.2 Å².